The standard InChI is InChI=1S/C16H18BrN3O6/c1-19-7-4-20-10-8(11(21)13(24-2)9(17)12(10)22)6(5-26-15(18)23)16(20,25-3)14(7)19/h6-7,14H,4-5H2,1-3H3,(H2,18,23)/t6-,7+,14+,16-,19?/m1/s1. The SMILES string of the molecule is COC1=C(Br)C(=O)C2=C(C1=O)[C@@H](COC(N)=O)[C@@]1(OC)[C@@H]3[C@H](CN21)N3C. The Hall–Kier alpha value is -1.91. The number of Topliss-reactive ketones (excluding diaryl/α,β-unsaturated/α-hetero) is 2. The third-order valence-corrected chi connectivity index (χ3v) is 6.53. The summed E-state index contributed by atoms with van der Waals surface area (Å²) >= 11 is 3.18. The fourth-order valence-corrected chi connectivity index (χ4v) is 5.26. The first-order valence-electron chi connectivity index (χ1n) is 8.05. The molecule has 26 heavy (non-hydrogen) atoms. The maximum Gasteiger partial charge on any atom is 0.404 e. The summed E-state index contributed by atoms with van der Waals surface area (Å²) in [5, 5.41) is 0. The largest absolute Gasteiger partial charge is 0.491 e. The van der Waals surface area contributed by atoms with E-state index in [1.165, 1.54) is 14.2 Å². The lowest BCUT2D eigenvalue weighted by molar-refractivity contribution is -0.144. The van der Waals surface area contributed by atoms with Crippen LogP contribution in [0.15, 0.2) is 21.5 Å². The van der Waals surface area contributed by atoms with Gasteiger partial charge in [-0.25, -0.2) is 4.79 Å². The summed E-state index contributed by atoms with van der Waals surface area (Å²) in [5.41, 5.74) is 4.69. The molecule has 0 spiro atoms. The van der Waals surface area contributed by atoms with Gasteiger partial charge in [0.15, 0.2) is 11.5 Å². The van der Waals surface area contributed by atoms with E-state index in [0.29, 0.717) is 6.54 Å². The number of ether oxygens (including phenoxy) is 3. The van der Waals surface area contributed by atoms with Crippen molar-refractivity contribution in [2.75, 3.05) is 34.4 Å². The molecule has 3 heterocycles. The van der Waals surface area contributed by atoms with Crippen LogP contribution in [0.2, 0.25) is 0 Å². The van der Waals surface area contributed by atoms with Crippen molar-refractivity contribution in [3.05, 3.63) is 21.5 Å². The Morgan fingerprint density at radius 2 is 2.04 bits per heavy atom. The third kappa shape index (κ3) is 1.89. The van der Waals surface area contributed by atoms with Crippen LogP contribution in [-0.2, 0) is 23.8 Å². The van der Waals surface area contributed by atoms with Gasteiger partial charge in [-0.05, 0) is 23.0 Å². The van der Waals surface area contributed by atoms with Gasteiger partial charge in [0.25, 0.3) is 0 Å². The van der Waals surface area contributed by atoms with Gasteiger partial charge in [0.2, 0.25) is 11.6 Å². The Morgan fingerprint density at radius 1 is 1.35 bits per heavy atom. The summed E-state index contributed by atoms with van der Waals surface area (Å²) < 4.78 is 16.2. The van der Waals surface area contributed by atoms with E-state index in [9.17, 15) is 14.4 Å². The van der Waals surface area contributed by atoms with E-state index < -0.39 is 23.5 Å². The number of carbonyl (C=O) groups is 3. The second-order valence-electron chi connectivity index (χ2n) is 6.69. The zero-order valence-corrected chi connectivity index (χ0v) is 16.0. The molecule has 1 aliphatic carbocycles. The molecule has 10 heteroatoms. The number of likely N-dealkylation sites (N-methyl/N-ethyl adjacent to an activating group) is 1. The number of carbonyl (C=O) groups excluding carboxylic acids is 3. The van der Waals surface area contributed by atoms with Crippen LogP contribution < -0.4 is 5.73 Å². The first-order valence-corrected chi connectivity index (χ1v) is 8.84. The lowest BCUT2D eigenvalue weighted by Crippen LogP contribution is -2.55. The van der Waals surface area contributed by atoms with Crippen LogP contribution in [0.25, 0.3) is 0 Å². The predicted molar refractivity (Wildman–Crippen MR) is 90.8 cm³/mol. The highest BCUT2D eigenvalue weighted by molar-refractivity contribution is 9.12. The summed E-state index contributed by atoms with van der Waals surface area (Å²) in [6.07, 6.45) is -0.950. The lowest BCUT2D eigenvalue weighted by atomic mass is 9.84. The minimum atomic E-state index is -0.971. The van der Waals surface area contributed by atoms with Gasteiger partial charge >= 0.3 is 6.09 Å². The van der Waals surface area contributed by atoms with E-state index in [1.54, 1.807) is 0 Å². The number of fused-ring (bicyclic) bond motifs is 4. The summed E-state index contributed by atoms with van der Waals surface area (Å²) in [5.74, 6) is -1.48. The zero-order valence-electron chi connectivity index (χ0n) is 14.4. The molecule has 0 saturated carbocycles. The quantitative estimate of drug-likeness (QED) is 0.481. The first-order chi connectivity index (χ1) is 12.3. The van der Waals surface area contributed by atoms with Crippen molar-refractivity contribution in [3.63, 3.8) is 0 Å². The molecule has 0 aromatic carbocycles. The molecular weight excluding hydrogens is 410 g/mol. The second kappa shape index (κ2) is 5.54. The van der Waals surface area contributed by atoms with Crippen LogP contribution in [0.3, 0.4) is 0 Å². The monoisotopic (exact) mass is 427 g/mol. The lowest BCUT2D eigenvalue weighted by Gasteiger charge is -2.40. The van der Waals surface area contributed by atoms with Crippen LogP contribution in [0, 0.1) is 5.92 Å². The Morgan fingerprint density at radius 3 is 2.62 bits per heavy atom. The Kier molecular flexibility index (Phi) is 3.73. The number of ketones is 2. The predicted octanol–water partition coefficient (Wildman–Crippen LogP) is -0.289. The normalized spacial score (nSPS) is 37.6. The van der Waals surface area contributed by atoms with Crippen molar-refractivity contribution in [3.8, 4) is 0 Å². The maximum atomic E-state index is 13.0. The topological polar surface area (TPSA) is 111 Å². The van der Waals surface area contributed by atoms with Gasteiger partial charge in [-0.3, -0.25) is 14.5 Å². The highest BCUT2D eigenvalue weighted by atomic mass is 79.9. The molecule has 4 rings (SSSR count). The number of piperazine rings is 1. The smallest absolute Gasteiger partial charge is 0.404 e. The van der Waals surface area contributed by atoms with Crippen molar-refractivity contribution in [1.82, 2.24) is 9.80 Å². The average Bonchev–Trinajstić information content (AvgIpc) is 3.00. The van der Waals surface area contributed by atoms with E-state index in [0.717, 1.165) is 0 Å². The fourth-order valence-electron chi connectivity index (χ4n) is 4.73. The Balaban J connectivity index is 1.85. The van der Waals surface area contributed by atoms with Gasteiger partial charge < -0.3 is 24.8 Å². The fraction of sp³-hybridized carbons (Fsp3) is 0.562. The van der Waals surface area contributed by atoms with E-state index in [4.69, 9.17) is 19.9 Å². The van der Waals surface area contributed by atoms with Crippen molar-refractivity contribution in [2.45, 2.75) is 17.8 Å². The van der Waals surface area contributed by atoms with Gasteiger partial charge in [-0.1, -0.05) is 0 Å². The van der Waals surface area contributed by atoms with Crippen LogP contribution in [0.5, 0.6) is 0 Å². The number of primary amides is 1. The number of nitrogens with two attached hydrogens (primary N) is 1. The highest BCUT2D eigenvalue weighted by Gasteiger charge is 2.75. The molecule has 2 saturated heterocycles. The molecule has 4 aliphatic rings. The number of rotatable bonds is 4. The Bertz CT molecular complexity index is 808. The summed E-state index contributed by atoms with van der Waals surface area (Å²) in [6.45, 7) is 0.381. The van der Waals surface area contributed by atoms with E-state index in [1.807, 2.05) is 11.9 Å². The number of methoxy groups -OCH3 is 2. The number of nitrogens with zero attached hydrogens (tertiary/aromatic N) is 2. The van der Waals surface area contributed by atoms with E-state index in [2.05, 4.69) is 20.8 Å². The van der Waals surface area contributed by atoms with E-state index >= 15 is 0 Å². The van der Waals surface area contributed by atoms with Crippen molar-refractivity contribution in [1.29, 1.82) is 0 Å². The van der Waals surface area contributed by atoms with Crippen LogP contribution >= 0.6 is 15.9 Å². The van der Waals surface area contributed by atoms with Crippen LogP contribution in [0.1, 0.15) is 0 Å². The molecule has 2 N–H and O–H groups in total. The molecule has 1 amide bonds. The number of halogens is 1. The second-order valence-corrected chi connectivity index (χ2v) is 7.49. The van der Waals surface area contributed by atoms with Crippen LogP contribution in [-0.4, -0.2) is 79.7 Å². The van der Waals surface area contributed by atoms with Crippen LogP contribution in [0.4, 0.5) is 4.79 Å². The third-order valence-electron chi connectivity index (χ3n) is 5.81. The van der Waals surface area contributed by atoms with Crippen molar-refractivity contribution >= 4 is 33.6 Å². The minimum Gasteiger partial charge on any atom is -0.491 e. The molecule has 0 bridgehead atoms. The highest BCUT2D eigenvalue weighted by Crippen LogP contribution is 2.59. The van der Waals surface area contributed by atoms with Gasteiger partial charge in [-0.2, -0.15) is 0 Å². The summed E-state index contributed by atoms with van der Waals surface area (Å²) in [6, 6.07) is 0.180. The Labute approximate surface area is 157 Å². The number of hydrogen-bond acceptors (Lipinski definition) is 8. The zero-order chi connectivity index (χ0) is 19.0. The minimum absolute atomic E-state index is 0.0232. The molecule has 0 aromatic rings. The molecule has 140 valence electrons. The van der Waals surface area contributed by atoms with E-state index in [-0.39, 0.29) is 46.0 Å². The average molecular weight is 428 g/mol. The first kappa shape index (κ1) is 17.5. The molecule has 2 fully saturated rings. The summed E-state index contributed by atoms with van der Waals surface area (Å²) in [7, 11) is 4.82. The molecule has 0 radical (unpaired) electrons. The van der Waals surface area contributed by atoms with Gasteiger partial charge in [0.1, 0.15) is 11.1 Å². The number of amides is 1. The number of hydrogen-bond donors (Lipinski definition) is 1. The van der Waals surface area contributed by atoms with Gasteiger partial charge in [0, 0.05) is 25.3 Å². The van der Waals surface area contributed by atoms with Gasteiger partial charge in [-0.15, -0.1) is 0 Å². The molecular formula is C16H18BrN3O6. The van der Waals surface area contributed by atoms with Crippen molar-refractivity contribution < 1.29 is 28.6 Å². The maximum absolute atomic E-state index is 13.0. The molecule has 1 unspecified atom stereocenters. The summed E-state index contributed by atoms with van der Waals surface area (Å²) in [4.78, 5) is 41.2. The number of allylic oxidation sites excluding steroid dienone is 2. The molecule has 3 aliphatic heterocycles. The van der Waals surface area contributed by atoms with Gasteiger partial charge in [0.05, 0.1) is 24.8 Å². The molecule has 9 nitrogen and oxygen atoms in total. The molecule has 0 aromatic heterocycles. The molecule has 5 atom stereocenters. The van der Waals surface area contributed by atoms with Crippen molar-refractivity contribution in [2.24, 2.45) is 11.7 Å².